The van der Waals surface area contributed by atoms with Crippen molar-refractivity contribution in [2.24, 2.45) is 5.92 Å². The van der Waals surface area contributed by atoms with Crippen molar-refractivity contribution in [3.63, 3.8) is 0 Å². The molecule has 1 saturated carbocycles. The van der Waals surface area contributed by atoms with E-state index in [1.165, 1.54) is 15.9 Å². The number of nitrogens with zero attached hydrogens (tertiary/aromatic N) is 1. The largest absolute Gasteiger partial charge is 0.336 e. The van der Waals surface area contributed by atoms with Crippen LogP contribution in [0.4, 0.5) is 0 Å². The van der Waals surface area contributed by atoms with Crippen molar-refractivity contribution in [2.45, 2.75) is 31.1 Å². The first-order chi connectivity index (χ1) is 10.7. The zero-order valence-corrected chi connectivity index (χ0v) is 13.0. The van der Waals surface area contributed by atoms with E-state index in [-0.39, 0.29) is 11.4 Å². The Morgan fingerprint density at radius 1 is 1.27 bits per heavy atom. The number of carbonyl (C=O) groups excluding carboxylic acids is 1. The maximum atomic E-state index is 12.2. The summed E-state index contributed by atoms with van der Waals surface area (Å²) in [7, 11) is 0. The van der Waals surface area contributed by atoms with E-state index in [4.69, 9.17) is 17.1 Å². The molecule has 4 heteroatoms. The second kappa shape index (κ2) is 5.06. The van der Waals surface area contributed by atoms with E-state index in [0.29, 0.717) is 17.0 Å². The van der Waals surface area contributed by atoms with E-state index in [1.54, 1.807) is 18.3 Å². The number of benzene rings is 1. The molecule has 1 fully saturated rings. The summed E-state index contributed by atoms with van der Waals surface area (Å²) >= 11 is 5.14. The normalized spacial score (nSPS) is 25.0. The van der Waals surface area contributed by atoms with Gasteiger partial charge in [-0.1, -0.05) is 42.5 Å². The number of rotatable bonds is 3. The van der Waals surface area contributed by atoms with E-state index in [0.717, 1.165) is 19.3 Å². The van der Waals surface area contributed by atoms with Gasteiger partial charge in [0, 0.05) is 6.20 Å². The summed E-state index contributed by atoms with van der Waals surface area (Å²) in [6.07, 6.45) is 5.53. The molecule has 0 amide bonds. The van der Waals surface area contributed by atoms with Crippen molar-refractivity contribution >= 4 is 18.2 Å². The number of hydrogen-bond acceptors (Lipinski definition) is 3. The van der Waals surface area contributed by atoms with Crippen LogP contribution in [0, 0.1) is 10.6 Å². The number of hydrogen-bond donors (Lipinski definition) is 0. The van der Waals surface area contributed by atoms with Crippen molar-refractivity contribution in [1.82, 2.24) is 4.73 Å². The summed E-state index contributed by atoms with van der Waals surface area (Å²) in [6.45, 7) is 0. The van der Waals surface area contributed by atoms with Crippen LogP contribution < -0.4 is 4.84 Å². The Hall–Kier alpha value is -1.94. The molecule has 0 saturated heterocycles. The Bertz CT molecular complexity index is 797. The number of carbonyl (C=O) groups is 1. The average Bonchev–Trinajstić information content (AvgIpc) is 3.07. The van der Waals surface area contributed by atoms with Gasteiger partial charge in [0.15, 0.2) is 0 Å². The molecule has 2 aromatic rings. The molecule has 0 aliphatic heterocycles. The summed E-state index contributed by atoms with van der Waals surface area (Å²) in [5.74, 6) is 0.204. The first-order valence-electron chi connectivity index (χ1n) is 7.66. The van der Waals surface area contributed by atoms with E-state index in [1.807, 2.05) is 6.07 Å². The minimum Gasteiger partial charge on any atom is -0.336 e. The Morgan fingerprint density at radius 2 is 2.09 bits per heavy atom. The third-order valence-electron chi connectivity index (χ3n) is 5.03. The minimum absolute atomic E-state index is 0.200. The van der Waals surface area contributed by atoms with E-state index in [9.17, 15) is 4.79 Å². The molecule has 1 aromatic heterocycles. The maximum absolute atomic E-state index is 12.2. The van der Waals surface area contributed by atoms with Crippen LogP contribution in [-0.2, 0) is 16.6 Å². The molecule has 22 heavy (non-hydrogen) atoms. The summed E-state index contributed by atoms with van der Waals surface area (Å²) in [5.41, 5.74) is 3.13. The van der Waals surface area contributed by atoms with Gasteiger partial charge in [-0.3, -0.25) is 0 Å². The molecule has 4 rings (SSSR count). The zero-order chi connectivity index (χ0) is 15.2. The van der Waals surface area contributed by atoms with Gasteiger partial charge in [0.05, 0.1) is 6.42 Å². The lowest BCUT2D eigenvalue weighted by atomic mass is 9.94. The summed E-state index contributed by atoms with van der Waals surface area (Å²) in [5, 5.41) is 0. The van der Waals surface area contributed by atoms with Crippen LogP contribution in [-0.4, -0.2) is 10.7 Å². The second-order valence-electron chi connectivity index (χ2n) is 6.25. The van der Waals surface area contributed by atoms with Crippen molar-refractivity contribution in [3.05, 3.63) is 64.4 Å². The lowest BCUT2D eigenvalue weighted by molar-refractivity contribution is -0.145. The lowest BCUT2D eigenvalue weighted by Crippen LogP contribution is -2.21. The highest BCUT2D eigenvalue weighted by molar-refractivity contribution is 7.71. The molecule has 2 aliphatic rings. The molecule has 1 spiro atoms. The molecular weight excluding hydrogens is 294 g/mol. The Labute approximate surface area is 134 Å². The summed E-state index contributed by atoms with van der Waals surface area (Å²) in [6, 6.07) is 14.0. The van der Waals surface area contributed by atoms with Gasteiger partial charge in [0.1, 0.15) is 4.64 Å². The predicted octanol–water partition coefficient (Wildman–Crippen LogP) is 3.47. The highest BCUT2D eigenvalue weighted by Crippen LogP contribution is 2.62. The van der Waals surface area contributed by atoms with E-state index in [2.05, 4.69) is 24.3 Å². The van der Waals surface area contributed by atoms with Gasteiger partial charge in [-0.15, -0.1) is 0 Å². The van der Waals surface area contributed by atoms with Crippen LogP contribution in [0.2, 0.25) is 0 Å². The highest BCUT2D eigenvalue weighted by Gasteiger charge is 2.58. The van der Waals surface area contributed by atoms with Crippen molar-refractivity contribution < 1.29 is 9.63 Å². The maximum Gasteiger partial charge on any atom is 0.333 e. The predicted molar refractivity (Wildman–Crippen MR) is 86.0 cm³/mol. The first-order valence-corrected chi connectivity index (χ1v) is 8.07. The second-order valence-corrected chi connectivity index (χ2v) is 6.66. The molecule has 1 aromatic carbocycles. The van der Waals surface area contributed by atoms with Gasteiger partial charge >= 0.3 is 5.97 Å². The number of aromatic nitrogens is 1. The van der Waals surface area contributed by atoms with Gasteiger partial charge < -0.3 is 4.84 Å². The molecule has 2 atom stereocenters. The molecule has 0 unspecified atom stereocenters. The number of pyridine rings is 1. The third kappa shape index (κ3) is 2.18. The van der Waals surface area contributed by atoms with Crippen LogP contribution in [0.1, 0.15) is 30.4 Å². The Balaban J connectivity index is 1.45. The van der Waals surface area contributed by atoms with Crippen LogP contribution in [0.15, 0.2) is 48.7 Å². The first kappa shape index (κ1) is 13.7. The molecular formula is C18H17NO2S. The fraction of sp³-hybridized carbons (Fsp3) is 0.333. The van der Waals surface area contributed by atoms with Crippen molar-refractivity contribution in [3.8, 4) is 0 Å². The Morgan fingerprint density at radius 3 is 2.95 bits per heavy atom. The smallest absolute Gasteiger partial charge is 0.333 e. The SMILES string of the molecule is O=C(C[C@@H]1C[C@]12CCc1ccccc12)On1ccccc1=S. The van der Waals surface area contributed by atoms with Gasteiger partial charge in [-0.25, -0.2) is 4.79 Å². The van der Waals surface area contributed by atoms with Crippen molar-refractivity contribution in [1.29, 1.82) is 0 Å². The summed E-state index contributed by atoms with van der Waals surface area (Å²) in [4.78, 5) is 17.5. The highest BCUT2D eigenvalue weighted by atomic mass is 32.1. The quantitative estimate of drug-likeness (QED) is 0.813. The van der Waals surface area contributed by atoms with E-state index < -0.39 is 0 Å². The summed E-state index contributed by atoms with van der Waals surface area (Å²) < 4.78 is 1.88. The van der Waals surface area contributed by atoms with E-state index >= 15 is 0 Å². The fourth-order valence-electron chi connectivity index (χ4n) is 3.84. The third-order valence-corrected chi connectivity index (χ3v) is 5.34. The molecule has 112 valence electrons. The van der Waals surface area contributed by atoms with Crippen LogP contribution in [0.3, 0.4) is 0 Å². The number of fused-ring (bicyclic) bond motifs is 2. The molecule has 2 aliphatic carbocycles. The molecule has 0 N–H and O–H groups in total. The molecule has 0 bridgehead atoms. The number of aryl methyl sites for hydroxylation is 1. The van der Waals surface area contributed by atoms with Crippen LogP contribution >= 0.6 is 12.2 Å². The molecule has 1 heterocycles. The van der Waals surface area contributed by atoms with Gasteiger partial charge in [0.25, 0.3) is 0 Å². The van der Waals surface area contributed by atoms with Gasteiger partial charge in [-0.2, -0.15) is 4.73 Å². The minimum atomic E-state index is -0.200. The van der Waals surface area contributed by atoms with Crippen LogP contribution in [0.25, 0.3) is 0 Å². The molecule has 0 radical (unpaired) electrons. The fourth-order valence-corrected chi connectivity index (χ4v) is 4.01. The monoisotopic (exact) mass is 311 g/mol. The topological polar surface area (TPSA) is 31.2 Å². The average molecular weight is 311 g/mol. The standard InChI is InChI=1S/C18H17NO2S/c20-17(21-19-10-4-3-7-16(19)22)11-14-12-18(14)9-8-13-5-1-2-6-15(13)18/h1-7,10,14H,8-9,11-12H2/t14-,18-/m1/s1. The molecule has 3 nitrogen and oxygen atoms in total. The Kier molecular flexibility index (Phi) is 3.15. The lowest BCUT2D eigenvalue weighted by Gasteiger charge is -2.11. The van der Waals surface area contributed by atoms with Gasteiger partial charge in [0.2, 0.25) is 0 Å². The van der Waals surface area contributed by atoms with Crippen molar-refractivity contribution in [2.75, 3.05) is 0 Å². The van der Waals surface area contributed by atoms with Crippen LogP contribution in [0.5, 0.6) is 0 Å². The van der Waals surface area contributed by atoms with Gasteiger partial charge in [-0.05, 0) is 53.9 Å². The zero-order valence-electron chi connectivity index (χ0n) is 12.2.